The van der Waals surface area contributed by atoms with Crippen molar-refractivity contribution >= 4 is 10.8 Å². The van der Waals surface area contributed by atoms with Gasteiger partial charge in [-0.1, -0.05) is 334 Å². The molecular formula is C102H62N6O2. The first-order chi connectivity index (χ1) is 54.5. The maximum Gasteiger partial charge on any atom is 0.165 e. The molecule has 0 fully saturated rings. The lowest BCUT2D eigenvalue weighted by Gasteiger charge is -2.40. The molecule has 0 amide bonds. The Balaban J connectivity index is 0.609. The van der Waals surface area contributed by atoms with Crippen molar-refractivity contribution in [3.8, 4) is 158 Å². The Morgan fingerprint density at radius 3 is 1.05 bits per heavy atom. The lowest BCUT2D eigenvalue weighted by atomic mass is 9.65. The van der Waals surface area contributed by atoms with Gasteiger partial charge in [0.05, 0.1) is 10.8 Å². The molecule has 22 rings (SSSR count). The van der Waals surface area contributed by atoms with Crippen LogP contribution in [0.4, 0.5) is 0 Å². The van der Waals surface area contributed by atoms with Crippen LogP contribution in [-0.2, 0) is 10.8 Å². The van der Waals surface area contributed by atoms with E-state index >= 15 is 0 Å². The van der Waals surface area contributed by atoms with Crippen LogP contribution < -0.4 is 9.47 Å². The molecule has 4 heterocycles. The molecule has 0 radical (unpaired) electrons. The van der Waals surface area contributed by atoms with Crippen LogP contribution in [0.5, 0.6) is 23.0 Å². The highest BCUT2D eigenvalue weighted by molar-refractivity contribution is 6.04. The van der Waals surface area contributed by atoms with Crippen molar-refractivity contribution in [2.75, 3.05) is 0 Å². The highest BCUT2D eigenvalue weighted by Gasteiger charge is 2.53. The Bertz CT molecular complexity index is 6630. The summed E-state index contributed by atoms with van der Waals surface area (Å²) in [7, 11) is 0. The van der Waals surface area contributed by atoms with Crippen LogP contribution in [-0.4, -0.2) is 29.9 Å². The predicted molar refractivity (Wildman–Crippen MR) is 440 cm³/mol. The van der Waals surface area contributed by atoms with Gasteiger partial charge >= 0.3 is 0 Å². The first-order valence-corrected chi connectivity index (χ1v) is 37.3. The van der Waals surface area contributed by atoms with Gasteiger partial charge in [0.2, 0.25) is 0 Å². The molecule has 0 saturated carbocycles. The molecule has 2 aromatic heterocycles. The van der Waals surface area contributed by atoms with E-state index in [-0.39, 0.29) is 0 Å². The fraction of sp³-hybridized carbons (Fsp3) is 0.0196. The molecule has 16 aromatic carbocycles. The summed E-state index contributed by atoms with van der Waals surface area (Å²) in [5.74, 6) is 6.83. The Kier molecular flexibility index (Phi) is 14.3. The van der Waals surface area contributed by atoms with Gasteiger partial charge < -0.3 is 9.47 Å². The van der Waals surface area contributed by atoms with Crippen LogP contribution in [0.3, 0.4) is 0 Å². The van der Waals surface area contributed by atoms with Crippen LogP contribution in [0.25, 0.3) is 146 Å². The van der Waals surface area contributed by atoms with Gasteiger partial charge in [-0.25, -0.2) is 29.9 Å². The van der Waals surface area contributed by atoms with Crippen molar-refractivity contribution in [2.45, 2.75) is 10.8 Å². The third kappa shape index (κ3) is 9.79. The lowest BCUT2D eigenvalue weighted by Crippen LogP contribution is -2.32. The number of benzene rings is 16. The number of aromatic nitrogens is 6. The fourth-order valence-corrected chi connectivity index (χ4v) is 17.8. The van der Waals surface area contributed by atoms with E-state index < -0.39 is 10.8 Å². The molecule has 0 saturated heterocycles. The molecule has 2 aliphatic heterocycles. The Labute approximate surface area is 635 Å². The van der Waals surface area contributed by atoms with Crippen LogP contribution >= 0.6 is 0 Å². The maximum absolute atomic E-state index is 7.36. The molecule has 2 spiro atoms. The normalized spacial score (nSPS) is 13.2. The average Bonchev–Trinajstić information content (AvgIpc) is 1.50. The number of rotatable bonds is 10. The van der Waals surface area contributed by atoms with Crippen molar-refractivity contribution in [1.29, 1.82) is 0 Å². The molecule has 8 nitrogen and oxygen atoms in total. The molecule has 0 unspecified atom stereocenters. The van der Waals surface area contributed by atoms with Crippen molar-refractivity contribution < 1.29 is 9.47 Å². The second-order valence-corrected chi connectivity index (χ2v) is 28.7. The highest BCUT2D eigenvalue weighted by Crippen LogP contribution is 2.65. The van der Waals surface area contributed by atoms with Gasteiger partial charge in [0.15, 0.2) is 34.9 Å². The minimum Gasteiger partial charge on any atom is -0.457 e. The highest BCUT2D eigenvalue weighted by atomic mass is 16.5. The molecule has 18 aromatic rings. The molecule has 512 valence electrons. The molecule has 0 atom stereocenters. The van der Waals surface area contributed by atoms with Crippen LogP contribution in [0.1, 0.15) is 44.5 Å². The molecule has 0 bridgehead atoms. The van der Waals surface area contributed by atoms with Crippen LogP contribution in [0, 0.1) is 0 Å². The molecule has 8 heteroatoms. The van der Waals surface area contributed by atoms with E-state index in [0.29, 0.717) is 34.9 Å². The third-order valence-corrected chi connectivity index (χ3v) is 22.8. The zero-order valence-corrected chi connectivity index (χ0v) is 59.3. The van der Waals surface area contributed by atoms with E-state index in [1.54, 1.807) is 0 Å². The number of nitrogens with zero attached hydrogens (tertiary/aromatic N) is 6. The van der Waals surface area contributed by atoms with Crippen molar-refractivity contribution in [1.82, 2.24) is 29.9 Å². The summed E-state index contributed by atoms with van der Waals surface area (Å²) in [5, 5.41) is 2.12. The second-order valence-electron chi connectivity index (χ2n) is 28.7. The van der Waals surface area contributed by atoms with Crippen molar-refractivity contribution in [3.63, 3.8) is 0 Å². The van der Waals surface area contributed by atoms with E-state index in [9.17, 15) is 0 Å². The van der Waals surface area contributed by atoms with Crippen LogP contribution in [0.2, 0.25) is 0 Å². The summed E-state index contributed by atoms with van der Waals surface area (Å²) in [6.45, 7) is 0. The standard InChI is InChI=1S/C102H62N6O2/c1-4-24-67(25-5-1)95-103-98(70-49-47-64(48-50-70)63-43-45-65(46-44-63)72-53-57-91-88(60-72)101(86-41-20-21-42-90(86)109-91)82-37-16-12-33-78(82)79-34-13-17-38-83(79)101)106-99(105-95)75-31-22-30-71(59-75)73-52-56-87-93(62-73)110-92-58-54-74(61-89(92)102(87)84-39-18-14-35-80(84)81-36-15-19-40-85(81)102)77-55-51-66-23-10-11-32-76(66)94(77)100-107-96(68-26-6-2-7-27-68)104-97(108-100)69-28-8-3-9-29-69/h1-62H. The smallest absolute Gasteiger partial charge is 0.165 e. The Hall–Kier alpha value is -14.6. The lowest BCUT2D eigenvalue weighted by molar-refractivity contribution is 0.436. The van der Waals surface area contributed by atoms with E-state index in [2.05, 4.69) is 322 Å². The fourth-order valence-electron chi connectivity index (χ4n) is 17.8. The summed E-state index contributed by atoms with van der Waals surface area (Å²) in [4.78, 5) is 31.5. The van der Waals surface area contributed by atoms with Gasteiger partial charge in [0, 0.05) is 55.6 Å². The van der Waals surface area contributed by atoms with E-state index in [1.165, 1.54) is 44.5 Å². The summed E-state index contributed by atoms with van der Waals surface area (Å²) in [6, 6.07) is 134. The molecule has 4 aliphatic rings. The monoisotopic (exact) mass is 1400 g/mol. The molecule has 110 heavy (non-hydrogen) atoms. The van der Waals surface area contributed by atoms with E-state index in [0.717, 1.165) is 134 Å². The Morgan fingerprint density at radius 1 is 0.173 bits per heavy atom. The average molecular weight is 1400 g/mol. The number of hydrogen-bond donors (Lipinski definition) is 0. The summed E-state index contributed by atoms with van der Waals surface area (Å²) < 4.78 is 14.1. The topological polar surface area (TPSA) is 95.8 Å². The second kappa shape index (κ2) is 25.0. The van der Waals surface area contributed by atoms with E-state index in [4.69, 9.17) is 39.4 Å². The number of fused-ring (bicyclic) bond motifs is 19. The predicted octanol–water partition coefficient (Wildman–Crippen LogP) is 24.8. The number of hydrogen-bond acceptors (Lipinski definition) is 8. The molecular weight excluding hydrogens is 1340 g/mol. The molecule has 2 aliphatic carbocycles. The van der Waals surface area contributed by atoms with Gasteiger partial charge in [0.1, 0.15) is 23.0 Å². The first-order valence-electron chi connectivity index (χ1n) is 37.3. The van der Waals surface area contributed by atoms with Gasteiger partial charge in [0.25, 0.3) is 0 Å². The Morgan fingerprint density at radius 2 is 0.509 bits per heavy atom. The largest absolute Gasteiger partial charge is 0.457 e. The minimum absolute atomic E-state index is 0.540. The first kappa shape index (κ1) is 62.7. The quantitative estimate of drug-likeness (QED) is 0.134. The SMILES string of the molecule is c1ccc(-c2nc(-c3ccc(-c4ccc(-c5ccc6c(c5)C5(c7ccccc7O6)c6ccccc6-c6ccccc65)cc4)cc3)nc(-c3cccc(-c4ccc5c(c4)Oc4ccc(-c6ccc7ccccc7c6-c6nc(-c7ccccc7)nc(-c7ccccc7)n6)cc4C54c5ccccc5-c5ccccc54)c3)n2)cc1. The summed E-state index contributed by atoms with van der Waals surface area (Å²) in [5.41, 5.74) is 26.7. The van der Waals surface area contributed by atoms with Gasteiger partial charge in [-0.2, -0.15) is 0 Å². The van der Waals surface area contributed by atoms with E-state index in [1.807, 2.05) is 54.6 Å². The third-order valence-electron chi connectivity index (χ3n) is 22.8. The minimum atomic E-state index is -0.772. The molecule has 0 N–H and O–H groups in total. The summed E-state index contributed by atoms with van der Waals surface area (Å²) >= 11 is 0. The van der Waals surface area contributed by atoms with Gasteiger partial charge in [-0.05, 0) is 142 Å². The van der Waals surface area contributed by atoms with Gasteiger partial charge in [-0.15, -0.1) is 0 Å². The van der Waals surface area contributed by atoms with Crippen molar-refractivity contribution in [3.05, 3.63) is 421 Å². The van der Waals surface area contributed by atoms with Crippen LogP contribution in [0.15, 0.2) is 376 Å². The zero-order valence-electron chi connectivity index (χ0n) is 59.3. The zero-order chi connectivity index (χ0) is 72.4. The number of ether oxygens (including phenoxy) is 2. The van der Waals surface area contributed by atoms with Gasteiger partial charge in [-0.3, -0.25) is 0 Å². The summed E-state index contributed by atoms with van der Waals surface area (Å²) in [6.07, 6.45) is 0. The number of para-hydroxylation sites is 1. The maximum atomic E-state index is 7.36. The van der Waals surface area contributed by atoms with Crippen molar-refractivity contribution in [2.24, 2.45) is 0 Å².